The van der Waals surface area contributed by atoms with Crippen LogP contribution in [0.15, 0.2) is 71.0 Å². The number of nitrogens with one attached hydrogen (secondary N) is 2. The molecule has 1 spiro atoms. The molecule has 0 aliphatic carbocycles. The maximum Gasteiger partial charge on any atom is 0.318 e. The Bertz CT molecular complexity index is 1330. The van der Waals surface area contributed by atoms with E-state index in [9.17, 15) is 14.4 Å². The van der Waals surface area contributed by atoms with Crippen LogP contribution >= 0.6 is 11.8 Å². The van der Waals surface area contributed by atoms with Crippen molar-refractivity contribution in [2.75, 3.05) is 44.6 Å². The minimum atomic E-state index is -0.623. The van der Waals surface area contributed by atoms with Gasteiger partial charge in [-0.1, -0.05) is 60.7 Å². The van der Waals surface area contributed by atoms with Crippen molar-refractivity contribution >= 4 is 35.3 Å². The van der Waals surface area contributed by atoms with Crippen LogP contribution in [-0.4, -0.2) is 83.9 Å². The minimum absolute atomic E-state index is 0.00144. The fourth-order valence-corrected chi connectivity index (χ4v) is 7.95. The molecule has 234 valence electrons. The quantitative estimate of drug-likeness (QED) is 0.401. The van der Waals surface area contributed by atoms with Gasteiger partial charge in [0.1, 0.15) is 6.04 Å². The summed E-state index contributed by atoms with van der Waals surface area (Å²) in [5, 5.41) is 8.20. The lowest BCUT2D eigenvalue weighted by Crippen LogP contribution is -2.57. The third kappa shape index (κ3) is 7.15. The SMILES string of the molecule is O=C(N[C@H](C/C=C/Sc1ccccc1)C(=O)N1CCC(N2CCCCC2)CC1)N1CCC2(CC1)Cc1ccccc1NC2=O. The lowest BCUT2D eigenvalue weighted by molar-refractivity contribution is -0.134. The van der Waals surface area contributed by atoms with E-state index in [1.807, 2.05) is 52.8 Å². The molecule has 1 atom stereocenters. The van der Waals surface area contributed by atoms with Crippen LogP contribution in [0, 0.1) is 5.41 Å². The molecule has 0 bridgehead atoms. The molecular formula is C35H45N5O3S. The number of fused-ring (bicyclic) bond motifs is 1. The highest BCUT2D eigenvalue weighted by Crippen LogP contribution is 2.41. The molecule has 2 N–H and O–H groups in total. The number of carbonyl (C=O) groups is 3. The summed E-state index contributed by atoms with van der Waals surface area (Å²) < 4.78 is 0. The summed E-state index contributed by atoms with van der Waals surface area (Å²) in [6, 6.07) is 17.8. The molecule has 2 aromatic rings. The Morgan fingerprint density at radius 2 is 1.61 bits per heavy atom. The number of piperidine rings is 3. The lowest BCUT2D eigenvalue weighted by Gasteiger charge is -2.43. The zero-order chi connectivity index (χ0) is 30.4. The third-order valence-electron chi connectivity index (χ3n) is 9.98. The molecule has 2 aromatic carbocycles. The van der Waals surface area contributed by atoms with Crippen molar-refractivity contribution in [2.45, 2.75) is 74.8 Å². The minimum Gasteiger partial charge on any atom is -0.341 e. The number of carbonyl (C=O) groups excluding carboxylic acids is 3. The van der Waals surface area contributed by atoms with Crippen molar-refractivity contribution in [1.29, 1.82) is 0 Å². The lowest BCUT2D eigenvalue weighted by atomic mass is 9.71. The van der Waals surface area contributed by atoms with Gasteiger partial charge in [-0.3, -0.25) is 9.59 Å². The molecule has 4 aliphatic heterocycles. The molecule has 8 nitrogen and oxygen atoms in total. The summed E-state index contributed by atoms with van der Waals surface area (Å²) in [7, 11) is 0. The summed E-state index contributed by atoms with van der Waals surface area (Å²) in [6.07, 6.45) is 10.2. The van der Waals surface area contributed by atoms with Gasteiger partial charge in [-0.05, 0) is 93.6 Å². The van der Waals surface area contributed by atoms with Crippen molar-refractivity contribution in [3.8, 4) is 0 Å². The van der Waals surface area contributed by atoms with Crippen LogP contribution in [0.3, 0.4) is 0 Å². The molecule has 4 aliphatic rings. The number of rotatable bonds is 7. The molecule has 4 amide bonds. The van der Waals surface area contributed by atoms with Gasteiger partial charge in [-0.2, -0.15) is 0 Å². The number of para-hydroxylation sites is 1. The molecule has 6 rings (SSSR count). The molecule has 4 heterocycles. The largest absolute Gasteiger partial charge is 0.341 e. The smallest absolute Gasteiger partial charge is 0.318 e. The zero-order valence-corrected chi connectivity index (χ0v) is 26.4. The van der Waals surface area contributed by atoms with Crippen LogP contribution in [0.5, 0.6) is 0 Å². The second kappa shape index (κ2) is 14.2. The summed E-state index contributed by atoms with van der Waals surface area (Å²) in [4.78, 5) is 48.0. The number of amides is 4. The average molecular weight is 616 g/mol. The van der Waals surface area contributed by atoms with E-state index in [4.69, 9.17) is 0 Å². The molecule has 0 aromatic heterocycles. The summed E-state index contributed by atoms with van der Waals surface area (Å²) in [5.41, 5.74) is 1.55. The summed E-state index contributed by atoms with van der Waals surface area (Å²) >= 11 is 1.61. The molecule has 44 heavy (non-hydrogen) atoms. The number of urea groups is 1. The van der Waals surface area contributed by atoms with Crippen molar-refractivity contribution < 1.29 is 14.4 Å². The van der Waals surface area contributed by atoms with Crippen LogP contribution in [-0.2, 0) is 16.0 Å². The predicted molar refractivity (Wildman–Crippen MR) is 175 cm³/mol. The number of benzene rings is 2. The highest BCUT2D eigenvalue weighted by molar-refractivity contribution is 8.02. The van der Waals surface area contributed by atoms with Gasteiger partial charge < -0.3 is 25.3 Å². The Morgan fingerprint density at radius 1 is 0.909 bits per heavy atom. The van der Waals surface area contributed by atoms with Gasteiger partial charge in [-0.25, -0.2) is 4.79 Å². The Hall–Kier alpha value is -3.30. The molecule has 0 unspecified atom stereocenters. The van der Waals surface area contributed by atoms with Crippen molar-refractivity contribution in [3.63, 3.8) is 0 Å². The van der Waals surface area contributed by atoms with E-state index in [1.54, 1.807) is 16.7 Å². The highest BCUT2D eigenvalue weighted by Gasteiger charge is 2.45. The maximum atomic E-state index is 13.9. The normalized spacial score (nSPS) is 21.6. The number of hydrogen-bond acceptors (Lipinski definition) is 5. The molecule has 0 radical (unpaired) electrons. The van der Waals surface area contributed by atoms with E-state index < -0.39 is 11.5 Å². The standard InChI is InChI=1S/C35H45N5O3S/c41-32(39-21-15-28(16-22-39)38-19-7-2-8-20-38)31(14-9-25-44-29-11-3-1-4-12-29)37-34(43)40-23-17-35(18-24-40)26-27-10-5-6-13-30(27)36-33(35)42/h1,3-6,9-13,25,28,31H,2,7-8,14-24,26H2,(H,36,42)(H,37,43)/b25-9+/t31-/m1/s1. The van der Waals surface area contributed by atoms with Crippen LogP contribution in [0.25, 0.3) is 0 Å². The average Bonchev–Trinajstić information content (AvgIpc) is 3.07. The first kappa shape index (κ1) is 30.7. The number of likely N-dealkylation sites (tertiary alicyclic amines) is 3. The number of nitrogens with zero attached hydrogens (tertiary/aromatic N) is 3. The third-order valence-corrected chi connectivity index (χ3v) is 10.9. The molecular weight excluding hydrogens is 570 g/mol. The topological polar surface area (TPSA) is 85.0 Å². The molecule has 3 fully saturated rings. The fourth-order valence-electron chi connectivity index (χ4n) is 7.27. The van der Waals surface area contributed by atoms with Crippen molar-refractivity contribution in [1.82, 2.24) is 20.0 Å². The van der Waals surface area contributed by atoms with Gasteiger partial charge in [0.2, 0.25) is 11.8 Å². The number of hydrogen-bond donors (Lipinski definition) is 2. The van der Waals surface area contributed by atoms with Gasteiger partial charge in [-0.15, -0.1) is 0 Å². The van der Waals surface area contributed by atoms with E-state index in [-0.39, 0.29) is 17.8 Å². The Labute approximate surface area is 265 Å². The molecule has 0 saturated carbocycles. The van der Waals surface area contributed by atoms with E-state index in [0.717, 1.165) is 42.1 Å². The van der Waals surface area contributed by atoms with E-state index in [2.05, 4.69) is 33.7 Å². The van der Waals surface area contributed by atoms with Crippen LogP contribution < -0.4 is 10.6 Å². The first-order valence-corrected chi connectivity index (χ1v) is 17.2. The van der Waals surface area contributed by atoms with Crippen molar-refractivity contribution in [2.24, 2.45) is 5.41 Å². The first-order chi connectivity index (χ1) is 21.5. The van der Waals surface area contributed by atoms with E-state index >= 15 is 0 Å². The Morgan fingerprint density at radius 3 is 2.36 bits per heavy atom. The van der Waals surface area contributed by atoms with E-state index in [1.165, 1.54) is 32.4 Å². The maximum absolute atomic E-state index is 13.9. The van der Waals surface area contributed by atoms with Gasteiger partial charge in [0.05, 0.1) is 5.41 Å². The Balaban J connectivity index is 1.07. The fraction of sp³-hybridized carbons (Fsp3) is 0.514. The van der Waals surface area contributed by atoms with Gasteiger partial charge in [0.25, 0.3) is 0 Å². The van der Waals surface area contributed by atoms with Gasteiger partial charge in [0, 0.05) is 42.8 Å². The monoisotopic (exact) mass is 615 g/mol. The summed E-state index contributed by atoms with van der Waals surface area (Å²) in [5.74, 6) is 0.0554. The molecule has 9 heteroatoms. The van der Waals surface area contributed by atoms with Gasteiger partial charge >= 0.3 is 6.03 Å². The second-order valence-corrected chi connectivity index (χ2v) is 13.7. The second-order valence-electron chi connectivity index (χ2n) is 12.7. The van der Waals surface area contributed by atoms with Crippen molar-refractivity contribution in [3.05, 3.63) is 71.6 Å². The van der Waals surface area contributed by atoms with Crippen LogP contribution in [0.1, 0.15) is 56.9 Å². The number of anilines is 1. The highest BCUT2D eigenvalue weighted by atomic mass is 32.2. The van der Waals surface area contributed by atoms with E-state index in [0.29, 0.717) is 44.8 Å². The summed E-state index contributed by atoms with van der Waals surface area (Å²) in [6.45, 7) is 4.79. The zero-order valence-electron chi connectivity index (χ0n) is 25.6. The molecule has 3 saturated heterocycles. The van der Waals surface area contributed by atoms with Gasteiger partial charge in [0.15, 0.2) is 0 Å². The first-order valence-electron chi connectivity index (χ1n) is 16.4. The number of thioether (sulfide) groups is 1. The Kier molecular flexibility index (Phi) is 9.92. The van der Waals surface area contributed by atoms with Crippen LogP contribution in [0.4, 0.5) is 10.5 Å². The van der Waals surface area contributed by atoms with Crippen LogP contribution in [0.2, 0.25) is 0 Å². The predicted octanol–water partition coefficient (Wildman–Crippen LogP) is 5.51.